The first-order valence-corrected chi connectivity index (χ1v) is 10.7. The molecule has 0 aliphatic carbocycles. The highest BCUT2D eigenvalue weighted by molar-refractivity contribution is 8.00. The predicted molar refractivity (Wildman–Crippen MR) is 125 cm³/mol. The van der Waals surface area contributed by atoms with Gasteiger partial charge in [0.1, 0.15) is 11.5 Å². The molecule has 0 aliphatic rings. The number of carbonyl (C=O) groups is 2. The van der Waals surface area contributed by atoms with Crippen LogP contribution in [-0.4, -0.2) is 23.7 Å². The number of Topliss-reactive ketones (excluding diaryl/α,β-unsaturated/α-hetero) is 1. The smallest absolute Gasteiger partial charge is 0.250 e. The van der Waals surface area contributed by atoms with E-state index in [-0.39, 0.29) is 17.4 Å². The Morgan fingerprint density at radius 1 is 0.968 bits per heavy atom. The topological polar surface area (TPSA) is 71.7 Å². The zero-order valence-electron chi connectivity index (χ0n) is 16.9. The first-order valence-electron chi connectivity index (χ1n) is 9.74. The molecule has 4 rings (SSSR count). The van der Waals surface area contributed by atoms with Crippen LogP contribution < -0.4 is 5.43 Å². The maximum atomic E-state index is 12.2. The SMILES string of the molecule is CC(=O)c1ccc(-c2ccc(/C=N\NC(=O)CSc3cccc4ccccc34)o2)cc1. The van der Waals surface area contributed by atoms with Crippen LogP contribution in [0.4, 0.5) is 0 Å². The van der Waals surface area contributed by atoms with Gasteiger partial charge in [0.25, 0.3) is 0 Å². The van der Waals surface area contributed by atoms with Crippen molar-refractivity contribution < 1.29 is 14.0 Å². The molecular formula is C25H20N2O3S. The molecule has 0 bridgehead atoms. The third-order valence-electron chi connectivity index (χ3n) is 4.69. The van der Waals surface area contributed by atoms with Gasteiger partial charge in [-0.3, -0.25) is 9.59 Å². The third-order valence-corrected chi connectivity index (χ3v) is 5.77. The number of fused-ring (bicyclic) bond motifs is 1. The average Bonchev–Trinajstić information content (AvgIpc) is 3.26. The molecule has 1 amide bonds. The Morgan fingerprint density at radius 2 is 1.74 bits per heavy atom. The number of nitrogens with one attached hydrogen (secondary N) is 1. The maximum absolute atomic E-state index is 12.2. The summed E-state index contributed by atoms with van der Waals surface area (Å²) in [4.78, 5) is 24.6. The van der Waals surface area contributed by atoms with Crippen LogP contribution in [0.15, 0.2) is 93.3 Å². The highest BCUT2D eigenvalue weighted by atomic mass is 32.2. The van der Waals surface area contributed by atoms with Gasteiger partial charge in [0.05, 0.1) is 12.0 Å². The van der Waals surface area contributed by atoms with E-state index in [9.17, 15) is 9.59 Å². The van der Waals surface area contributed by atoms with Crippen LogP contribution in [0.25, 0.3) is 22.1 Å². The number of furan rings is 1. The van der Waals surface area contributed by atoms with Crippen molar-refractivity contribution in [2.75, 3.05) is 5.75 Å². The van der Waals surface area contributed by atoms with Crippen LogP contribution in [0, 0.1) is 0 Å². The van der Waals surface area contributed by atoms with E-state index in [1.807, 2.05) is 42.5 Å². The lowest BCUT2D eigenvalue weighted by atomic mass is 10.1. The van der Waals surface area contributed by atoms with Crippen molar-refractivity contribution in [2.24, 2.45) is 5.10 Å². The lowest BCUT2D eigenvalue weighted by Crippen LogP contribution is -2.19. The van der Waals surface area contributed by atoms with Crippen molar-refractivity contribution in [3.63, 3.8) is 0 Å². The van der Waals surface area contributed by atoms with Gasteiger partial charge in [-0.2, -0.15) is 5.10 Å². The summed E-state index contributed by atoms with van der Waals surface area (Å²) in [6.07, 6.45) is 1.47. The Hall–Kier alpha value is -3.64. The summed E-state index contributed by atoms with van der Waals surface area (Å²) in [6.45, 7) is 1.53. The van der Waals surface area contributed by atoms with Gasteiger partial charge >= 0.3 is 0 Å². The number of nitrogens with zero attached hydrogens (tertiary/aromatic N) is 1. The summed E-state index contributed by atoms with van der Waals surface area (Å²) in [5, 5.41) is 6.26. The molecule has 0 radical (unpaired) electrons. The fourth-order valence-corrected chi connectivity index (χ4v) is 3.98. The molecule has 1 aromatic heterocycles. The van der Waals surface area contributed by atoms with E-state index in [1.54, 1.807) is 18.2 Å². The first kappa shape index (κ1) is 20.6. The standard InChI is InChI=1S/C25H20N2O3S/c1-17(28)18-9-11-20(12-10-18)23-14-13-21(30-23)15-26-27-25(29)16-31-24-8-4-6-19-5-2-3-7-22(19)24/h2-15H,16H2,1H3,(H,27,29)/b26-15-. The van der Waals surface area contributed by atoms with Crippen molar-refractivity contribution in [3.8, 4) is 11.3 Å². The number of rotatable bonds is 7. The van der Waals surface area contributed by atoms with Crippen molar-refractivity contribution >= 4 is 40.4 Å². The second-order valence-corrected chi connectivity index (χ2v) is 7.91. The molecule has 0 saturated heterocycles. The van der Waals surface area contributed by atoms with E-state index in [0.29, 0.717) is 17.1 Å². The second kappa shape index (κ2) is 9.45. The summed E-state index contributed by atoms with van der Waals surface area (Å²) in [5.74, 6) is 1.27. The van der Waals surface area contributed by atoms with Gasteiger partial charge in [-0.05, 0) is 35.9 Å². The van der Waals surface area contributed by atoms with Crippen molar-refractivity contribution in [2.45, 2.75) is 11.8 Å². The third kappa shape index (κ3) is 5.10. The number of ketones is 1. The number of amides is 1. The lowest BCUT2D eigenvalue weighted by molar-refractivity contribution is -0.118. The van der Waals surface area contributed by atoms with Crippen LogP contribution in [-0.2, 0) is 4.79 Å². The molecule has 0 spiro atoms. The molecule has 0 fully saturated rings. The number of hydrazone groups is 1. The summed E-state index contributed by atoms with van der Waals surface area (Å²) < 4.78 is 5.74. The molecule has 4 aromatic rings. The average molecular weight is 429 g/mol. The van der Waals surface area contributed by atoms with Crippen molar-refractivity contribution in [1.82, 2.24) is 5.43 Å². The number of hydrogen-bond donors (Lipinski definition) is 1. The highest BCUT2D eigenvalue weighted by Crippen LogP contribution is 2.27. The minimum absolute atomic E-state index is 0.0215. The molecule has 0 unspecified atom stereocenters. The second-order valence-electron chi connectivity index (χ2n) is 6.89. The molecule has 6 heteroatoms. The fraction of sp³-hybridized carbons (Fsp3) is 0.0800. The summed E-state index contributed by atoms with van der Waals surface area (Å²) >= 11 is 1.48. The van der Waals surface area contributed by atoms with Gasteiger partial charge in [0.15, 0.2) is 5.78 Å². The Labute approximate surface area is 184 Å². The van der Waals surface area contributed by atoms with Crippen LogP contribution in [0.3, 0.4) is 0 Å². The van der Waals surface area contributed by atoms with Gasteiger partial charge in [0.2, 0.25) is 5.91 Å². The number of thioether (sulfide) groups is 1. The normalized spacial score (nSPS) is 11.1. The van der Waals surface area contributed by atoms with Gasteiger partial charge < -0.3 is 4.42 Å². The van der Waals surface area contributed by atoms with E-state index in [4.69, 9.17) is 4.42 Å². The van der Waals surface area contributed by atoms with Gasteiger partial charge in [-0.1, -0.05) is 60.7 Å². The Bertz CT molecular complexity index is 1250. The Kier molecular flexibility index (Phi) is 6.29. The molecular weight excluding hydrogens is 408 g/mol. The van der Waals surface area contributed by atoms with E-state index in [2.05, 4.69) is 28.7 Å². The lowest BCUT2D eigenvalue weighted by Gasteiger charge is -2.05. The molecule has 0 saturated carbocycles. The van der Waals surface area contributed by atoms with Gasteiger partial charge in [0, 0.05) is 16.0 Å². The Balaban J connectivity index is 1.32. The molecule has 0 aliphatic heterocycles. The zero-order valence-corrected chi connectivity index (χ0v) is 17.7. The molecule has 5 nitrogen and oxygen atoms in total. The molecule has 3 aromatic carbocycles. The largest absolute Gasteiger partial charge is 0.455 e. The summed E-state index contributed by atoms with van der Waals surface area (Å²) in [5.41, 5.74) is 4.05. The van der Waals surface area contributed by atoms with E-state index in [0.717, 1.165) is 21.2 Å². The summed E-state index contributed by atoms with van der Waals surface area (Å²) in [6, 6.07) is 24.9. The molecule has 0 atom stereocenters. The van der Waals surface area contributed by atoms with Crippen LogP contribution in [0.1, 0.15) is 23.0 Å². The highest BCUT2D eigenvalue weighted by Gasteiger charge is 2.07. The Morgan fingerprint density at radius 3 is 2.55 bits per heavy atom. The van der Waals surface area contributed by atoms with Crippen LogP contribution in [0.5, 0.6) is 0 Å². The molecule has 31 heavy (non-hydrogen) atoms. The zero-order chi connectivity index (χ0) is 21.6. The van der Waals surface area contributed by atoms with Crippen molar-refractivity contribution in [3.05, 3.63) is 90.2 Å². The maximum Gasteiger partial charge on any atom is 0.250 e. The quantitative estimate of drug-likeness (QED) is 0.181. The van der Waals surface area contributed by atoms with Gasteiger partial charge in [-0.25, -0.2) is 5.43 Å². The molecule has 1 heterocycles. The molecule has 1 N–H and O–H groups in total. The fourth-order valence-electron chi connectivity index (χ4n) is 3.11. The minimum atomic E-state index is -0.194. The monoisotopic (exact) mass is 428 g/mol. The van der Waals surface area contributed by atoms with Gasteiger partial charge in [-0.15, -0.1) is 11.8 Å². The number of carbonyl (C=O) groups excluding carboxylic acids is 2. The first-order chi connectivity index (χ1) is 15.1. The van der Waals surface area contributed by atoms with Crippen LogP contribution >= 0.6 is 11.8 Å². The minimum Gasteiger partial charge on any atom is -0.455 e. The van der Waals surface area contributed by atoms with Crippen LogP contribution in [0.2, 0.25) is 0 Å². The number of hydrogen-bond acceptors (Lipinski definition) is 5. The number of benzene rings is 3. The van der Waals surface area contributed by atoms with E-state index in [1.165, 1.54) is 24.9 Å². The van der Waals surface area contributed by atoms with E-state index >= 15 is 0 Å². The van der Waals surface area contributed by atoms with E-state index < -0.39 is 0 Å². The predicted octanol–water partition coefficient (Wildman–Crippen LogP) is 5.54. The molecule has 154 valence electrons. The summed E-state index contributed by atoms with van der Waals surface area (Å²) in [7, 11) is 0. The van der Waals surface area contributed by atoms with Crippen molar-refractivity contribution in [1.29, 1.82) is 0 Å².